The largest absolute Gasteiger partial charge is 0.508 e. The molecule has 2 aromatic rings. The number of fused-ring (bicyclic) bond motifs is 1. The number of rotatable bonds is 3. The topological polar surface area (TPSA) is 76.0 Å². The fourth-order valence-corrected chi connectivity index (χ4v) is 4.17. The molecular formula is C22H28O5Si. The van der Waals surface area contributed by atoms with E-state index in [1.54, 1.807) is 37.3 Å². The molecule has 0 aliphatic carbocycles. The van der Waals surface area contributed by atoms with Crippen molar-refractivity contribution < 1.29 is 24.2 Å². The lowest BCUT2D eigenvalue weighted by atomic mass is 9.86. The van der Waals surface area contributed by atoms with Crippen LogP contribution in [0.15, 0.2) is 36.4 Å². The summed E-state index contributed by atoms with van der Waals surface area (Å²) in [6, 6.07) is 9.67. The highest BCUT2D eigenvalue weighted by atomic mass is 28.4. The highest BCUT2D eigenvalue weighted by Crippen LogP contribution is 2.45. The van der Waals surface area contributed by atoms with Crippen LogP contribution in [0, 0.1) is 6.92 Å². The minimum atomic E-state index is -2.25. The van der Waals surface area contributed by atoms with Gasteiger partial charge in [-0.15, -0.1) is 0 Å². The van der Waals surface area contributed by atoms with Gasteiger partial charge in [0.15, 0.2) is 14.1 Å². The molecule has 2 unspecified atom stereocenters. The van der Waals surface area contributed by atoms with Crippen molar-refractivity contribution in [1.82, 2.24) is 0 Å². The number of hydrogen-bond acceptors (Lipinski definition) is 5. The highest BCUT2D eigenvalue weighted by Gasteiger charge is 2.46. The lowest BCUT2D eigenvalue weighted by Gasteiger charge is -2.42. The van der Waals surface area contributed by atoms with E-state index in [9.17, 15) is 15.0 Å². The van der Waals surface area contributed by atoms with Gasteiger partial charge in [0.2, 0.25) is 6.29 Å². The van der Waals surface area contributed by atoms with Crippen LogP contribution >= 0.6 is 0 Å². The van der Waals surface area contributed by atoms with Crippen molar-refractivity contribution in [2.24, 2.45) is 0 Å². The number of carbonyl (C=O) groups excluding carboxylic acids is 1. The summed E-state index contributed by atoms with van der Waals surface area (Å²) in [7, 11) is -2.25. The molecule has 5 nitrogen and oxygen atoms in total. The molecule has 1 aliphatic rings. The van der Waals surface area contributed by atoms with Gasteiger partial charge in [0, 0.05) is 5.56 Å². The Bertz CT molecular complexity index is 896. The summed E-state index contributed by atoms with van der Waals surface area (Å²) in [5.41, 5.74) is 1.69. The standard InChI is InChI=1S/C22H28O5Si/c1-13-17(24)12-11-16-19(25)18(14-7-9-15(23)10-8-14)21(26-20(13)16)27-28(5,6)22(2,3)4/h7-12,18,21,23-24H,1-6H3. The van der Waals surface area contributed by atoms with E-state index in [-0.39, 0.29) is 22.3 Å². The second-order valence-corrected chi connectivity index (χ2v) is 13.6. The van der Waals surface area contributed by atoms with E-state index in [1.165, 1.54) is 6.07 Å². The van der Waals surface area contributed by atoms with Gasteiger partial charge in [-0.25, -0.2) is 0 Å². The summed E-state index contributed by atoms with van der Waals surface area (Å²) in [6.45, 7) is 12.3. The average molecular weight is 401 g/mol. The molecule has 150 valence electrons. The molecule has 0 saturated heterocycles. The first-order valence-electron chi connectivity index (χ1n) is 9.42. The maximum atomic E-state index is 13.4. The number of carbonyl (C=O) groups is 1. The van der Waals surface area contributed by atoms with E-state index in [0.717, 1.165) is 5.56 Å². The Morgan fingerprint density at radius 2 is 1.64 bits per heavy atom. The van der Waals surface area contributed by atoms with Crippen molar-refractivity contribution in [2.75, 3.05) is 0 Å². The predicted octanol–water partition coefficient (Wildman–Crippen LogP) is 5.11. The summed E-state index contributed by atoms with van der Waals surface area (Å²) < 4.78 is 12.7. The zero-order valence-electron chi connectivity index (χ0n) is 17.2. The minimum absolute atomic E-state index is 0.0624. The van der Waals surface area contributed by atoms with Gasteiger partial charge in [-0.1, -0.05) is 32.9 Å². The third-order valence-electron chi connectivity index (χ3n) is 5.90. The highest BCUT2D eigenvalue weighted by molar-refractivity contribution is 6.74. The molecule has 2 aromatic carbocycles. The van der Waals surface area contributed by atoms with Crippen LogP contribution < -0.4 is 4.74 Å². The molecule has 0 aromatic heterocycles. The first-order valence-corrected chi connectivity index (χ1v) is 12.3. The van der Waals surface area contributed by atoms with E-state index in [1.807, 2.05) is 0 Å². The second kappa shape index (κ2) is 6.94. The van der Waals surface area contributed by atoms with Gasteiger partial charge in [-0.05, 0) is 54.9 Å². The van der Waals surface area contributed by atoms with Crippen LogP contribution in [0.4, 0.5) is 0 Å². The SMILES string of the molecule is Cc1c(O)ccc2c1OC(O[Si](C)(C)C(C)(C)C)C(c1ccc(O)cc1)C2=O. The molecule has 0 saturated carbocycles. The van der Waals surface area contributed by atoms with Gasteiger partial charge >= 0.3 is 0 Å². The molecule has 28 heavy (non-hydrogen) atoms. The summed E-state index contributed by atoms with van der Waals surface area (Å²) >= 11 is 0. The third-order valence-corrected chi connectivity index (χ3v) is 10.3. The van der Waals surface area contributed by atoms with E-state index in [0.29, 0.717) is 16.9 Å². The normalized spacial score (nSPS) is 19.9. The minimum Gasteiger partial charge on any atom is -0.508 e. The Balaban J connectivity index is 2.11. The van der Waals surface area contributed by atoms with Crippen molar-refractivity contribution in [1.29, 1.82) is 0 Å². The van der Waals surface area contributed by atoms with Gasteiger partial charge in [-0.2, -0.15) is 0 Å². The van der Waals surface area contributed by atoms with Gasteiger partial charge in [0.25, 0.3) is 0 Å². The molecule has 0 spiro atoms. The lowest BCUT2D eigenvalue weighted by Crippen LogP contribution is -2.49. The molecule has 1 aliphatic heterocycles. The molecule has 0 amide bonds. The quantitative estimate of drug-likeness (QED) is 0.700. The van der Waals surface area contributed by atoms with Crippen LogP contribution in [0.3, 0.4) is 0 Å². The summed E-state index contributed by atoms with van der Waals surface area (Å²) in [5.74, 6) is -0.162. The number of aromatic hydroxyl groups is 2. The Labute approximate surface area is 167 Å². The molecule has 0 bridgehead atoms. The van der Waals surface area contributed by atoms with Crippen molar-refractivity contribution in [3.8, 4) is 17.2 Å². The number of Topliss-reactive ketones (excluding diaryl/α,β-unsaturated/α-hetero) is 1. The molecule has 6 heteroatoms. The van der Waals surface area contributed by atoms with Crippen LogP contribution in [-0.2, 0) is 4.43 Å². The van der Waals surface area contributed by atoms with E-state index >= 15 is 0 Å². The van der Waals surface area contributed by atoms with E-state index < -0.39 is 20.5 Å². The average Bonchev–Trinajstić information content (AvgIpc) is 2.59. The van der Waals surface area contributed by atoms with Crippen LogP contribution in [0.25, 0.3) is 0 Å². The van der Waals surface area contributed by atoms with Crippen LogP contribution in [-0.4, -0.2) is 30.6 Å². The number of phenols is 2. The van der Waals surface area contributed by atoms with Crippen molar-refractivity contribution in [3.63, 3.8) is 0 Å². The molecule has 3 rings (SSSR count). The summed E-state index contributed by atoms with van der Waals surface area (Å²) in [4.78, 5) is 13.4. The zero-order chi connectivity index (χ0) is 20.9. The van der Waals surface area contributed by atoms with Crippen LogP contribution in [0.5, 0.6) is 17.2 Å². The Kier molecular flexibility index (Phi) is 5.06. The number of benzene rings is 2. The van der Waals surface area contributed by atoms with Crippen LogP contribution in [0.1, 0.15) is 48.2 Å². The van der Waals surface area contributed by atoms with Gasteiger partial charge in [0.1, 0.15) is 23.2 Å². The third kappa shape index (κ3) is 3.54. The maximum absolute atomic E-state index is 13.4. The predicted molar refractivity (Wildman–Crippen MR) is 111 cm³/mol. The summed E-state index contributed by atoms with van der Waals surface area (Å²) in [5, 5.41) is 19.6. The van der Waals surface area contributed by atoms with E-state index in [2.05, 4.69) is 33.9 Å². The van der Waals surface area contributed by atoms with Gasteiger partial charge in [-0.3, -0.25) is 4.79 Å². The fraction of sp³-hybridized carbons (Fsp3) is 0.409. The van der Waals surface area contributed by atoms with Crippen molar-refractivity contribution in [2.45, 2.75) is 58.0 Å². The van der Waals surface area contributed by atoms with E-state index in [4.69, 9.17) is 9.16 Å². The Hall–Kier alpha value is -2.31. The molecule has 2 N–H and O–H groups in total. The maximum Gasteiger partial charge on any atom is 0.205 e. The molecular weight excluding hydrogens is 372 g/mol. The number of ether oxygens (including phenoxy) is 1. The zero-order valence-corrected chi connectivity index (χ0v) is 18.2. The molecule has 0 radical (unpaired) electrons. The van der Waals surface area contributed by atoms with Crippen molar-refractivity contribution >= 4 is 14.1 Å². The summed E-state index contributed by atoms with van der Waals surface area (Å²) in [6.07, 6.45) is -0.800. The molecule has 2 atom stereocenters. The Morgan fingerprint density at radius 1 is 1.04 bits per heavy atom. The molecule has 0 fully saturated rings. The molecule has 1 heterocycles. The number of hydrogen-bond donors (Lipinski definition) is 2. The first kappa shape index (κ1) is 20.4. The Morgan fingerprint density at radius 3 is 2.21 bits per heavy atom. The van der Waals surface area contributed by atoms with Gasteiger partial charge in [0.05, 0.1) is 5.56 Å². The fourth-order valence-electron chi connectivity index (χ4n) is 3.05. The van der Waals surface area contributed by atoms with Crippen LogP contribution in [0.2, 0.25) is 18.1 Å². The monoisotopic (exact) mass is 400 g/mol. The first-order chi connectivity index (χ1) is 12.9. The number of phenolic OH excluding ortho intramolecular Hbond substituents is 2. The van der Waals surface area contributed by atoms with Crippen molar-refractivity contribution in [3.05, 3.63) is 53.1 Å². The lowest BCUT2D eigenvalue weighted by molar-refractivity contribution is -0.0289. The number of ketones is 1. The van der Waals surface area contributed by atoms with Gasteiger partial charge < -0.3 is 19.4 Å². The smallest absolute Gasteiger partial charge is 0.205 e. The second-order valence-electron chi connectivity index (χ2n) is 8.88.